The third kappa shape index (κ3) is 4.29. The Morgan fingerprint density at radius 3 is 2.58 bits per heavy atom. The Morgan fingerprint density at radius 1 is 1.12 bits per heavy atom. The molecule has 3 rings (SSSR count). The smallest absolute Gasteiger partial charge is 0.274 e. The highest BCUT2D eigenvalue weighted by Crippen LogP contribution is 2.21. The van der Waals surface area contributed by atoms with E-state index in [4.69, 9.17) is 16.3 Å². The molecule has 7 heteroatoms. The van der Waals surface area contributed by atoms with Crippen LogP contribution in [0.4, 0.5) is 17.3 Å². The lowest BCUT2D eigenvalue weighted by Crippen LogP contribution is -2.15. The Hall–Kier alpha value is -3.12. The fourth-order valence-electron chi connectivity index (χ4n) is 2.30. The largest absolute Gasteiger partial charge is 0.497 e. The van der Waals surface area contributed by atoms with Gasteiger partial charge in [0, 0.05) is 22.6 Å². The van der Waals surface area contributed by atoms with E-state index in [0.717, 1.165) is 17.0 Å². The van der Waals surface area contributed by atoms with Crippen molar-refractivity contribution in [2.24, 2.45) is 0 Å². The zero-order chi connectivity index (χ0) is 18.5. The fraction of sp³-hybridized carbons (Fsp3) is 0.105. The quantitative estimate of drug-likeness (QED) is 0.696. The topological polar surface area (TPSA) is 76.1 Å². The van der Waals surface area contributed by atoms with Gasteiger partial charge in [0.2, 0.25) is 5.95 Å². The van der Waals surface area contributed by atoms with Crippen LogP contribution in [-0.4, -0.2) is 23.0 Å². The van der Waals surface area contributed by atoms with Crippen molar-refractivity contribution in [2.45, 2.75) is 6.92 Å². The van der Waals surface area contributed by atoms with Crippen LogP contribution in [0.25, 0.3) is 0 Å². The van der Waals surface area contributed by atoms with Crippen molar-refractivity contribution < 1.29 is 9.53 Å². The van der Waals surface area contributed by atoms with E-state index in [-0.39, 0.29) is 11.6 Å². The van der Waals surface area contributed by atoms with E-state index in [9.17, 15) is 4.79 Å². The van der Waals surface area contributed by atoms with E-state index in [0.29, 0.717) is 16.7 Å². The van der Waals surface area contributed by atoms with Gasteiger partial charge < -0.3 is 15.4 Å². The number of halogens is 1. The van der Waals surface area contributed by atoms with E-state index in [2.05, 4.69) is 20.6 Å². The molecular weight excluding hydrogens is 352 g/mol. The summed E-state index contributed by atoms with van der Waals surface area (Å²) in [6.45, 7) is 1.87. The molecule has 0 fully saturated rings. The second-order valence-electron chi connectivity index (χ2n) is 5.53. The number of anilines is 3. The van der Waals surface area contributed by atoms with Crippen molar-refractivity contribution in [3.05, 3.63) is 71.0 Å². The molecule has 0 spiro atoms. The summed E-state index contributed by atoms with van der Waals surface area (Å²) in [6, 6.07) is 14.1. The van der Waals surface area contributed by atoms with Crippen molar-refractivity contribution in [1.82, 2.24) is 9.97 Å². The second kappa shape index (κ2) is 7.84. The first-order valence-electron chi connectivity index (χ1n) is 7.87. The van der Waals surface area contributed by atoms with Gasteiger partial charge in [0.25, 0.3) is 5.91 Å². The molecule has 3 aromatic rings. The van der Waals surface area contributed by atoms with E-state index < -0.39 is 0 Å². The molecule has 2 N–H and O–H groups in total. The summed E-state index contributed by atoms with van der Waals surface area (Å²) in [5.41, 5.74) is 2.60. The molecule has 0 aliphatic carbocycles. The van der Waals surface area contributed by atoms with Crippen LogP contribution in [0.1, 0.15) is 16.1 Å². The molecule has 0 saturated carbocycles. The number of aryl methyl sites for hydroxylation is 1. The van der Waals surface area contributed by atoms with Crippen molar-refractivity contribution in [3.8, 4) is 5.75 Å². The molecular formula is C19H17ClN4O2. The normalized spacial score (nSPS) is 10.3. The molecule has 1 heterocycles. The minimum absolute atomic E-state index is 0.255. The lowest BCUT2D eigenvalue weighted by atomic mass is 10.2. The zero-order valence-corrected chi connectivity index (χ0v) is 15.0. The van der Waals surface area contributed by atoms with Crippen LogP contribution < -0.4 is 15.4 Å². The number of hydrogen-bond donors (Lipinski definition) is 2. The average molecular weight is 369 g/mol. The van der Waals surface area contributed by atoms with Gasteiger partial charge in [0.1, 0.15) is 11.4 Å². The number of carbonyl (C=O) groups excluding carboxylic acids is 1. The molecule has 1 amide bonds. The number of amides is 1. The molecule has 0 radical (unpaired) electrons. The maximum Gasteiger partial charge on any atom is 0.274 e. The van der Waals surface area contributed by atoms with Gasteiger partial charge in [0.05, 0.1) is 7.11 Å². The van der Waals surface area contributed by atoms with E-state index in [1.54, 1.807) is 31.4 Å². The van der Waals surface area contributed by atoms with Gasteiger partial charge in [-0.15, -0.1) is 0 Å². The minimum Gasteiger partial charge on any atom is -0.497 e. The first-order chi connectivity index (χ1) is 12.5. The standard InChI is InChI=1S/C19H17ClN4O2/c1-12-11-13(20)3-8-16(12)23-18(25)17-9-10-21-19(24-17)22-14-4-6-15(26-2)7-5-14/h3-11H,1-2H3,(H,23,25)(H,21,22,24). The number of nitrogens with zero attached hydrogens (tertiary/aromatic N) is 2. The van der Waals surface area contributed by atoms with Crippen LogP contribution in [0.2, 0.25) is 5.02 Å². The summed E-state index contributed by atoms with van der Waals surface area (Å²) in [5, 5.41) is 6.50. The number of hydrogen-bond acceptors (Lipinski definition) is 5. The first-order valence-corrected chi connectivity index (χ1v) is 8.24. The Bertz CT molecular complexity index is 929. The van der Waals surface area contributed by atoms with Crippen LogP contribution in [0.15, 0.2) is 54.7 Å². The van der Waals surface area contributed by atoms with Crippen molar-refractivity contribution in [2.75, 3.05) is 17.7 Å². The van der Waals surface area contributed by atoms with Crippen molar-refractivity contribution in [1.29, 1.82) is 0 Å². The Balaban J connectivity index is 1.74. The lowest BCUT2D eigenvalue weighted by molar-refractivity contribution is 0.102. The predicted octanol–water partition coefficient (Wildman–Crippen LogP) is 4.44. The molecule has 0 aliphatic rings. The second-order valence-corrected chi connectivity index (χ2v) is 5.97. The van der Waals surface area contributed by atoms with Crippen molar-refractivity contribution in [3.63, 3.8) is 0 Å². The highest BCUT2D eigenvalue weighted by atomic mass is 35.5. The number of nitrogens with one attached hydrogen (secondary N) is 2. The maximum absolute atomic E-state index is 12.5. The third-order valence-electron chi connectivity index (χ3n) is 3.67. The van der Waals surface area contributed by atoms with Crippen LogP contribution in [0, 0.1) is 6.92 Å². The Morgan fingerprint density at radius 2 is 1.88 bits per heavy atom. The molecule has 0 bridgehead atoms. The van der Waals surface area contributed by atoms with Crippen LogP contribution in [0.5, 0.6) is 5.75 Å². The number of rotatable bonds is 5. The van der Waals surface area contributed by atoms with Gasteiger partial charge in [0.15, 0.2) is 0 Å². The number of benzene rings is 2. The van der Waals surface area contributed by atoms with E-state index in [1.807, 2.05) is 31.2 Å². The molecule has 1 aromatic heterocycles. The number of aromatic nitrogens is 2. The van der Waals surface area contributed by atoms with Gasteiger partial charge in [-0.25, -0.2) is 9.97 Å². The van der Waals surface area contributed by atoms with Crippen LogP contribution >= 0.6 is 11.6 Å². The highest BCUT2D eigenvalue weighted by Gasteiger charge is 2.11. The number of ether oxygens (including phenoxy) is 1. The molecule has 0 unspecified atom stereocenters. The zero-order valence-electron chi connectivity index (χ0n) is 14.3. The highest BCUT2D eigenvalue weighted by molar-refractivity contribution is 6.30. The van der Waals surface area contributed by atoms with Gasteiger partial charge in [-0.2, -0.15) is 0 Å². The number of methoxy groups -OCH3 is 1. The summed E-state index contributed by atoms with van der Waals surface area (Å²) >= 11 is 5.94. The first kappa shape index (κ1) is 17.7. The predicted molar refractivity (Wildman–Crippen MR) is 102 cm³/mol. The fourth-order valence-corrected chi connectivity index (χ4v) is 2.53. The number of carbonyl (C=O) groups is 1. The van der Waals surface area contributed by atoms with Crippen LogP contribution in [0.3, 0.4) is 0 Å². The van der Waals surface area contributed by atoms with Crippen LogP contribution in [-0.2, 0) is 0 Å². The Labute approximate surface area is 156 Å². The van der Waals surface area contributed by atoms with Gasteiger partial charge in [-0.3, -0.25) is 4.79 Å². The summed E-state index contributed by atoms with van der Waals surface area (Å²) in [7, 11) is 1.61. The van der Waals surface area contributed by atoms with Gasteiger partial charge >= 0.3 is 0 Å². The molecule has 6 nitrogen and oxygen atoms in total. The average Bonchev–Trinajstić information content (AvgIpc) is 2.65. The molecule has 132 valence electrons. The molecule has 26 heavy (non-hydrogen) atoms. The maximum atomic E-state index is 12.5. The van der Waals surface area contributed by atoms with E-state index >= 15 is 0 Å². The summed E-state index contributed by atoms with van der Waals surface area (Å²) in [4.78, 5) is 20.9. The lowest BCUT2D eigenvalue weighted by Gasteiger charge is -2.10. The molecule has 0 aliphatic heterocycles. The van der Waals surface area contributed by atoms with E-state index in [1.165, 1.54) is 6.20 Å². The SMILES string of the molecule is COc1ccc(Nc2nccc(C(=O)Nc3ccc(Cl)cc3C)n2)cc1. The third-order valence-corrected chi connectivity index (χ3v) is 3.91. The molecule has 0 saturated heterocycles. The monoisotopic (exact) mass is 368 g/mol. The minimum atomic E-state index is -0.324. The Kier molecular flexibility index (Phi) is 5.34. The summed E-state index contributed by atoms with van der Waals surface area (Å²) < 4.78 is 5.12. The summed E-state index contributed by atoms with van der Waals surface area (Å²) in [5.74, 6) is 0.758. The molecule has 2 aromatic carbocycles. The molecule has 0 atom stereocenters. The van der Waals surface area contributed by atoms with Gasteiger partial charge in [-0.1, -0.05) is 11.6 Å². The summed E-state index contributed by atoms with van der Waals surface area (Å²) in [6.07, 6.45) is 1.53. The van der Waals surface area contributed by atoms with Gasteiger partial charge in [-0.05, 0) is 61.0 Å². The van der Waals surface area contributed by atoms with Crippen molar-refractivity contribution >= 4 is 34.8 Å².